The van der Waals surface area contributed by atoms with Gasteiger partial charge in [-0.3, -0.25) is 5.43 Å². The molecule has 18 heavy (non-hydrogen) atoms. The quantitative estimate of drug-likeness (QED) is 0.565. The molecule has 1 aromatic carbocycles. The van der Waals surface area contributed by atoms with E-state index in [1.807, 2.05) is 24.3 Å². The molecule has 0 radical (unpaired) electrons. The lowest BCUT2D eigenvalue weighted by atomic mass is 10.2. The third-order valence-corrected chi connectivity index (χ3v) is 3.54. The molecule has 2 atom stereocenters. The number of para-hydroxylation sites is 1. The van der Waals surface area contributed by atoms with Gasteiger partial charge < -0.3 is 5.32 Å². The number of anilines is 2. The molecule has 2 unspecified atom stereocenters. The Hall–Kier alpha value is -1.88. The van der Waals surface area contributed by atoms with Crippen LogP contribution in [0.4, 0.5) is 11.8 Å². The third kappa shape index (κ3) is 2.09. The van der Waals surface area contributed by atoms with Crippen molar-refractivity contribution in [2.75, 3.05) is 17.3 Å². The summed E-state index contributed by atoms with van der Waals surface area (Å²) in [7, 11) is 0. The van der Waals surface area contributed by atoms with Gasteiger partial charge in [0.2, 0.25) is 5.95 Å². The number of nitrogens with two attached hydrogens (primary N) is 1. The first kappa shape index (κ1) is 11.2. The number of hydrazine groups is 1. The Kier molecular flexibility index (Phi) is 2.76. The fourth-order valence-electron chi connectivity index (χ4n) is 2.19. The number of hydrogen-bond donors (Lipinski definition) is 3. The highest BCUT2D eigenvalue weighted by molar-refractivity contribution is 5.89. The lowest BCUT2D eigenvalue weighted by Gasteiger charge is -2.10. The van der Waals surface area contributed by atoms with Gasteiger partial charge in [-0.1, -0.05) is 19.1 Å². The standard InChI is InChI=1S/C13H17N5/c1-8-6-9(8)7-15-12-10-4-2-3-5-11(10)16-13(17-12)18-14/h2-5,8-9H,6-7,14H2,1H3,(H2,15,16,17,18). The van der Waals surface area contributed by atoms with Gasteiger partial charge in [-0.25, -0.2) is 10.8 Å². The number of nitrogen functional groups attached to an aromatic ring is 1. The largest absolute Gasteiger partial charge is 0.369 e. The summed E-state index contributed by atoms with van der Waals surface area (Å²) in [5, 5.41) is 4.44. The number of aromatic nitrogens is 2. The highest BCUT2D eigenvalue weighted by Crippen LogP contribution is 2.37. The van der Waals surface area contributed by atoms with E-state index in [9.17, 15) is 0 Å². The Bertz CT molecular complexity index is 568. The molecule has 0 spiro atoms. The van der Waals surface area contributed by atoms with Crippen LogP contribution >= 0.6 is 0 Å². The third-order valence-electron chi connectivity index (χ3n) is 3.54. The molecule has 5 nitrogen and oxygen atoms in total. The second kappa shape index (κ2) is 4.42. The van der Waals surface area contributed by atoms with Crippen LogP contribution < -0.4 is 16.6 Å². The van der Waals surface area contributed by atoms with Gasteiger partial charge in [0.05, 0.1) is 5.52 Å². The average molecular weight is 243 g/mol. The van der Waals surface area contributed by atoms with Crippen LogP contribution in [-0.4, -0.2) is 16.5 Å². The fourth-order valence-corrected chi connectivity index (χ4v) is 2.19. The minimum atomic E-state index is 0.444. The van der Waals surface area contributed by atoms with Gasteiger partial charge in [0.15, 0.2) is 0 Å². The molecule has 0 amide bonds. The molecule has 94 valence electrons. The van der Waals surface area contributed by atoms with Crippen molar-refractivity contribution < 1.29 is 0 Å². The van der Waals surface area contributed by atoms with E-state index in [2.05, 4.69) is 27.6 Å². The molecule has 1 heterocycles. The van der Waals surface area contributed by atoms with Crippen molar-refractivity contribution in [2.24, 2.45) is 17.7 Å². The topological polar surface area (TPSA) is 75.9 Å². The average Bonchev–Trinajstić information content (AvgIpc) is 3.11. The van der Waals surface area contributed by atoms with E-state index in [1.54, 1.807) is 0 Å². The Morgan fingerprint density at radius 3 is 2.83 bits per heavy atom. The van der Waals surface area contributed by atoms with E-state index in [1.165, 1.54) is 6.42 Å². The van der Waals surface area contributed by atoms with E-state index >= 15 is 0 Å². The molecule has 0 aliphatic heterocycles. The Morgan fingerprint density at radius 2 is 2.11 bits per heavy atom. The summed E-state index contributed by atoms with van der Waals surface area (Å²) in [6, 6.07) is 7.94. The number of hydrogen-bond acceptors (Lipinski definition) is 5. The smallest absolute Gasteiger partial charge is 0.239 e. The minimum Gasteiger partial charge on any atom is -0.369 e. The van der Waals surface area contributed by atoms with Crippen molar-refractivity contribution in [1.29, 1.82) is 0 Å². The van der Waals surface area contributed by atoms with E-state index < -0.39 is 0 Å². The maximum atomic E-state index is 5.40. The van der Waals surface area contributed by atoms with Crippen molar-refractivity contribution in [3.8, 4) is 0 Å². The molecule has 1 saturated carbocycles. The maximum absolute atomic E-state index is 5.40. The number of rotatable bonds is 4. The molecule has 5 heteroatoms. The molecule has 0 bridgehead atoms. The van der Waals surface area contributed by atoms with Gasteiger partial charge in [-0.05, 0) is 30.4 Å². The highest BCUT2D eigenvalue weighted by atomic mass is 15.3. The predicted octanol–water partition coefficient (Wildman–Crippen LogP) is 1.98. The zero-order chi connectivity index (χ0) is 12.5. The summed E-state index contributed by atoms with van der Waals surface area (Å²) in [5.41, 5.74) is 3.40. The molecule has 1 aliphatic rings. The van der Waals surface area contributed by atoms with Crippen LogP contribution in [-0.2, 0) is 0 Å². The molecular formula is C13H17N5. The zero-order valence-corrected chi connectivity index (χ0v) is 10.4. The lowest BCUT2D eigenvalue weighted by Crippen LogP contribution is -2.13. The van der Waals surface area contributed by atoms with Crippen molar-refractivity contribution in [3.63, 3.8) is 0 Å². The first-order valence-corrected chi connectivity index (χ1v) is 6.25. The first-order chi connectivity index (χ1) is 8.78. The number of nitrogens with one attached hydrogen (secondary N) is 2. The van der Waals surface area contributed by atoms with Gasteiger partial charge in [-0.15, -0.1) is 0 Å². The van der Waals surface area contributed by atoms with Crippen molar-refractivity contribution in [1.82, 2.24) is 9.97 Å². The summed E-state index contributed by atoms with van der Waals surface area (Å²) in [6.07, 6.45) is 1.30. The number of fused-ring (bicyclic) bond motifs is 1. The Labute approximate surface area is 106 Å². The molecular weight excluding hydrogens is 226 g/mol. The van der Waals surface area contributed by atoms with Crippen molar-refractivity contribution >= 4 is 22.7 Å². The van der Waals surface area contributed by atoms with Gasteiger partial charge in [0.1, 0.15) is 5.82 Å². The van der Waals surface area contributed by atoms with Crippen molar-refractivity contribution in [3.05, 3.63) is 24.3 Å². The molecule has 4 N–H and O–H groups in total. The van der Waals surface area contributed by atoms with E-state index in [-0.39, 0.29) is 0 Å². The van der Waals surface area contributed by atoms with E-state index in [4.69, 9.17) is 5.84 Å². The summed E-state index contributed by atoms with van der Waals surface area (Å²) in [6.45, 7) is 3.24. The number of benzene rings is 1. The summed E-state index contributed by atoms with van der Waals surface area (Å²) < 4.78 is 0. The monoisotopic (exact) mass is 243 g/mol. The Balaban J connectivity index is 1.92. The minimum absolute atomic E-state index is 0.444. The van der Waals surface area contributed by atoms with Crippen LogP contribution in [0.5, 0.6) is 0 Å². The maximum Gasteiger partial charge on any atom is 0.239 e. The second-order valence-corrected chi connectivity index (χ2v) is 4.91. The molecule has 1 aromatic heterocycles. The normalized spacial score (nSPS) is 21.9. The molecule has 2 aromatic rings. The number of nitrogens with zero attached hydrogens (tertiary/aromatic N) is 2. The SMILES string of the molecule is CC1CC1CNc1nc(NN)nc2ccccc12. The Morgan fingerprint density at radius 1 is 1.33 bits per heavy atom. The lowest BCUT2D eigenvalue weighted by molar-refractivity contribution is 0.785. The van der Waals surface area contributed by atoms with Crippen LogP contribution in [0.15, 0.2) is 24.3 Å². The zero-order valence-electron chi connectivity index (χ0n) is 10.4. The van der Waals surface area contributed by atoms with Crippen LogP contribution in [0, 0.1) is 11.8 Å². The summed E-state index contributed by atoms with van der Waals surface area (Å²) in [5.74, 6) is 8.30. The van der Waals surface area contributed by atoms with Crippen LogP contribution in [0.3, 0.4) is 0 Å². The van der Waals surface area contributed by atoms with Crippen LogP contribution in [0.25, 0.3) is 10.9 Å². The van der Waals surface area contributed by atoms with Gasteiger partial charge in [-0.2, -0.15) is 4.98 Å². The summed E-state index contributed by atoms with van der Waals surface area (Å²) >= 11 is 0. The van der Waals surface area contributed by atoms with E-state index in [0.29, 0.717) is 5.95 Å². The van der Waals surface area contributed by atoms with Crippen LogP contribution in [0.1, 0.15) is 13.3 Å². The van der Waals surface area contributed by atoms with Gasteiger partial charge in [0, 0.05) is 11.9 Å². The summed E-state index contributed by atoms with van der Waals surface area (Å²) in [4.78, 5) is 8.71. The second-order valence-electron chi connectivity index (χ2n) is 4.91. The first-order valence-electron chi connectivity index (χ1n) is 6.25. The van der Waals surface area contributed by atoms with E-state index in [0.717, 1.165) is 35.1 Å². The molecule has 1 fully saturated rings. The molecule has 1 aliphatic carbocycles. The van der Waals surface area contributed by atoms with Crippen LogP contribution in [0.2, 0.25) is 0 Å². The highest BCUT2D eigenvalue weighted by Gasteiger charge is 2.32. The van der Waals surface area contributed by atoms with Crippen molar-refractivity contribution in [2.45, 2.75) is 13.3 Å². The molecule has 0 saturated heterocycles. The predicted molar refractivity (Wildman–Crippen MR) is 73.1 cm³/mol. The van der Waals surface area contributed by atoms with Gasteiger partial charge in [0.25, 0.3) is 0 Å². The molecule has 3 rings (SSSR count). The fraction of sp³-hybridized carbons (Fsp3) is 0.385. The van der Waals surface area contributed by atoms with Gasteiger partial charge >= 0.3 is 0 Å².